The second kappa shape index (κ2) is 12.5. The van der Waals surface area contributed by atoms with Gasteiger partial charge in [-0.15, -0.1) is 24.0 Å². The van der Waals surface area contributed by atoms with Gasteiger partial charge in [0.05, 0.1) is 17.8 Å². The fraction of sp³-hybridized carbons (Fsp3) is 0.941. The van der Waals surface area contributed by atoms with E-state index in [1.165, 1.54) is 0 Å². The molecule has 1 aliphatic heterocycles. The van der Waals surface area contributed by atoms with Crippen molar-refractivity contribution in [3.63, 3.8) is 0 Å². The Kier molecular flexibility index (Phi) is 11.5. The van der Waals surface area contributed by atoms with E-state index in [1.807, 2.05) is 0 Å². The number of hydrogen-bond acceptors (Lipinski definition) is 4. The molecule has 2 rings (SSSR count). The minimum atomic E-state index is -4.13. The first-order chi connectivity index (χ1) is 13.2. The standard InChI is InChI=1S/C17H31F3N4O3S.HI/c1-21-16(24-14-7-5-13(6-8-14)17(18,19)20)22-9-11-28(25,26)23-12-15-4-2-3-10-27-15;/h13-15,23H,2-12H2,1H3,(H2,21,22,24);1H. The van der Waals surface area contributed by atoms with Crippen molar-refractivity contribution in [3.05, 3.63) is 0 Å². The van der Waals surface area contributed by atoms with Gasteiger partial charge in [0.1, 0.15) is 0 Å². The maximum atomic E-state index is 12.7. The molecular formula is C17H32F3IN4O3S. The average molecular weight is 556 g/mol. The molecular weight excluding hydrogens is 524 g/mol. The summed E-state index contributed by atoms with van der Waals surface area (Å²) in [6.07, 6.45) is -0.281. The zero-order valence-electron chi connectivity index (χ0n) is 16.6. The molecule has 1 aliphatic carbocycles. The van der Waals surface area contributed by atoms with E-state index < -0.39 is 22.1 Å². The largest absolute Gasteiger partial charge is 0.391 e. The molecule has 29 heavy (non-hydrogen) atoms. The van der Waals surface area contributed by atoms with Gasteiger partial charge in [-0.2, -0.15) is 13.2 Å². The van der Waals surface area contributed by atoms with Crippen molar-refractivity contribution >= 4 is 40.0 Å². The summed E-state index contributed by atoms with van der Waals surface area (Å²) in [5, 5.41) is 6.00. The molecule has 0 bridgehead atoms. The summed E-state index contributed by atoms with van der Waals surface area (Å²) in [4.78, 5) is 4.03. The van der Waals surface area contributed by atoms with E-state index >= 15 is 0 Å². The SMILES string of the molecule is CN=C(NCCS(=O)(=O)NCC1CCCCO1)NC1CCC(C(F)(F)F)CC1.I. The Morgan fingerprint density at radius 2 is 1.83 bits per heavy atom. The minimum Gasteiger partial charge on any atom is -0.377 e. The zero-order valence-corrected chi connectivity index (χ0v) is 19.8. The van der Waals surface area contributed by atoms with Crippen LogP contribution in [-0.2, 0) is 14.8 Å². The topological polar surface area (TPSA) is 91.8 Å². The molecule has 0 spiro atoms. The molecule has 1 saturated carbocycles. The van der Waals surface area contributed by atoms with Gasteiger partial charge in [0.25, 0.3) is 0 Å². The summed E-state index contributed by atoms with van der Waals surface area (Å²) in [7, 11) is -1.90. The number of hydrogen-bond donors (Lipinski definition) is 3. The molecule has 7 nitrogen and oxygen atoms in total. The maximum absolute atomic E-state index is 12.7. The van der Waals surface area contributed by atoms with Gasteiger partial charge in [0, 0.05) is 32.8 Å². The summed E-state index contributed by atoms with van der Waals surface area (Å²) < 4.78 is 70.4. The first-order valence-electron chi connectivity index (χ1n) is 9.82. The molecule has 1 saturated heterocycles. The van der Waals surface area contributed by atoms with E-state index in [4.69, 9.17) is 4.74 Å². The predicted octanol–water partition coefficient (Wildman–Crippen LogP) is 2.38. The zero-order chi connectivity index (χ0) is 20.6. The third kappa shape index (κ3) is 10.0. The number of nitrogens with one attached hydrogen (secondary N) is 3. The molecule has 0 aromatic rings. The lowest BCUT2D eigenvalue weighted by molar-refractivity contribution is -0.182. The first kappa shape index (κ1) is 26.7. The Morgan fingerprint density at radius 1 is 1.14 bits per heavy atom. The normalized spacial score (nSPS) is 26.5. The van der Waals surface area contributed by atoms with Gasteiger partial charge < -0.3 is 15.4 Å². The van der Waals surface area contributed by atoms with Gasteiger partial charge in [-0.3, -0.25) is 4.99 Å². The Labute approximate surface area is 188 Å². The van der Waals surface area contributed by atoms with E-state index in [9.17, 15) is 21.6 Å². The summed E-state index contributed by atoms with van der Waals surface area (Å²) in [5.41, 5.74) is 0. The molecule has 0 aromatic heterocycles. The predicted molar refractivity (Wildman–Crippen MR) is 117 cm³/mol. The lowest BCUT2D eigenvalue weighted by atomic mass is 9.85. The van der Waals surface area contributed by atoms with Crippen LogP contribution in [0, 0.1) is 5.92 Å². The van der Waals surface area contributed by atoms with Crippen LogP contribution >= 0.6 is 24.0 Å². The van der Waals surface area contributed by atoms with Gasteiger partial charge in [0.2, 0.25) is 10.0 Å². The van der Waals surface area contributed by atoms with E-state index in [0.717, 1.165) is 19.3 Å². The molecule has 172 valence electrons. The summed E-state index contributed by atoms with van der Waals surface area (Å²) in [6, 6.07) is -0.0945. The maximum Gasteiger partial charge on any atom is 0.391 e. The Morgan fingerprint density at radius 3 is 2.38 bits per heavy atom. The Balaban J connectivity index is 0.00000420. The third-order valence-corrected chi connectivity index (χ3v) is 6.57. The molecule has 1 unspecified atom stereocenters. The number of ether oxygens (including phenoxy) is 1. The van der Waals surface area contributed by atoms with Gasteiger partial charge in [-0.25, -0.2) is 13.1 Å². The fourth-order valence-electron chi connectivity index (χ4n) is 3.52. The molecule has 1 atom stereocenters. The van der Waals surface area contributed by atoms with Gasteiger partial charge in [-0.05, 0) is 44.9 Å². The Bertz CT molecular complexity index is 606. The van der Waals surface area contributed by atoms with Crippen molar-refractivity contribution in [1.82, 2.24) is 15.4 Å². The van der Waals surface area contributed by atoms with Crippen molar-refractivity contribution in [3.8, 4) is 0 Å². The lowest BCUT2D eigenvalue weighted by Crippen LogP contribution is -2.47. The van der Waals surface area contributed by atoms with Crippen LogP contribution in [-0.4, -0.2) is 65.2 Å². The van der Waals surface area contributed by atoms with Gasteiger partial charge in [0.15, 0.2) is 5.96 Å². The highest BCUT2D eigenvalue weighted by molar-refractivity contribution is 14.0. The van der Waals surface area contributed by atoms with E-state index in [2.05, 4.69) is 20.3 Å². The minimum absolute atomic E-state index is 0. The van der Waals surface area contributed by atoms with Crippen molar-refractivity contribution in [2.45, 2.75) is 63.3 Å². The van der Waals surface area contributed by atoms with Crippen molar-refractivity contribution in [1.29, 1.82) is 0 Å². The van der Waals surface area contributed by atoms with Crippen LogP contribution in [0.1, 0.15) is 44.9 Å². The summed E-state index contributed by atoms with van der Waals surface area (Å²) >= 11 is 0. The third-order valence-electron chi connectivity index (χ3n) is 5.22. The lowest BCUT2D eigenvalue weighted by Gasteiger charge is -2.31. The molecule has 2 aliphatic rings. The quantitative estimate of drug-likeness (QED) is 0.255. The molecule has 0 amide bonds. The molecule has 2 fully saturated rings. The highest BCUT2D eigenvalue weighted by Crippen LogP contribution is 2.37. The van der Waals surface area contributed by atoms with Gasteiger partial charge >= 0.3 is 6.18 Å². The smallest absolute Gasteiger partial charge is 0.377 e. The fourth-order valence-corrected chi connectivity index (χ4v) is 4.47. The number of sulfonamides is 1. The van der Waals surface area contributed by atoms with Crippen molar-refractivity contribution < 1.29 is 26.3 Å². The van der Waals surface area contributed by atoms with Gasteiger partial charge in [-0.1, -0.05) is 0 Å². The molecule has 1 heterocycles. The number of alkyl halides is 3. The van der Waals surface area contributed by atoms with Crippen molar-refractivity contribution in [2.24, 2.45) is 10.9 Å². The summed E-state index contributed by atoms with van der Waals surface area (Å²) in [5.74, 6) is -0.951. The van der Waals surface area contributed by atoms with Crippen LogP contribution in [0.2, 0.25) is 0 Å². The molecule has 0 radical (unpaired) electrons. The molecule has 12 heteroatoms. The van der Waals surface area contributed by atoms with Crippen LogP contribution in [0.3, 0.4) is 0 Å². The van der Waals surface area contributed by atoms with Crippen LogP contribution in [0.5, 0.6) is 0 Å². The first-order valence-corrected chi connectivity index (χ1v) is 11.5. The number of nitrogens with zero attached hydrogens (tertiary/aromatic N) is 1. The number of halogens is 4. The average Bonchev–Trinajstić information content (AvgIpc) is 2.66. The number of guanidine groups is 1. The monoisotopic (exact) mass is 556 g/mol. The molecule has 3 N–H and O–H groups in total. The van der Waals surface area contributed by atoms with Crippen LogP contribution in [0.25, 0.3) is 0 Å². The van der Waals surface area contributed by atoms with Crippen LogP contribution in [0.4, 0.5) is 13.2 Å². The number of aliphatic imine (C=N–C) groups is 1. The van der Waals surface area contributed by atoms with Crippen LogP contribution in [0.15, 0.2) is 4.99 Å². The number of rotatable bonds is 7. The second-order valence-electron chi connectivity index (χ2n) is 7.39. The van der Waals surface area contributed by atoms with Crippen LogP contribution < -0.4 is 15.4 Å². The second-order valence-corrected chi connectivity index (χ2v) is 9.32. The van der Waals surface area contributed by atoms with E-state index in [-0.39, 0.29) is 67.8 Å². The van der Waals surface area contributed by atoms with Crippen molar-refractivity contribution in [2.75, 3.05) is 32.5 Å². The van der Waals surface area contributed by atoms with E-state index in [0.29, 0.717) is 25.4 Å². The summed E-state index contributed by atoms with van der Waals surface area (Å²) in [6.45, 7) is 1.09. The highest BCUT2D eigenvalue weighted by Gasteiger charge is 2.41. The molecule has 0 aromatic carbocycles. The highest BCUT2D eigenvalue weighted by atomic mass is 127. The Hall–Kier alpha value is -0.340. The van der Waals surface area contributed by atoms with E-state index in [1.54, 1.807) is 7.05 Å².